The SMILES string of the molecule is CONC(=C1CC1)c1ccc2c(c1)sc(=O)n2CCOc1ccc(CC(OCC(F)(F)F)C(=O)O)cc1. The molecule has 2 aromatic carbocycles. The molecule has 0 spiro atoms. The van der Waals surface area contributed by atoms with Crippen LogP contribution in [0.15, 0.2) is 52.8 Å². The van der Waals surface area contributed by atoms with Gasteiger partial charge >= 0.3 is 17.0 Å². The van der Waals surface area contributed by atoms with Crippen molar-refractivity contribution in [3.8, 4) is 5.75 Å². The second kappa shape index (κ2) is 11.4. The van der Waals surface area contributed by atoms with Crippen molar-refractivity contribution in [2.75, 3.05) is 20.3 Å². The predicted molar refractivity (Wildman–Crippen MR) is 131 cm³/mol. The zero-order chi connectivity index (χ0) is 26.6. The molecule has 1 saturated carbocycles. The summed E-state index contributed by atoms with van der Waals surface area (Å²) in [5.74, 6) is -0.992. The predicted octanol–water partition coefficient (Wildman–Crippen LogP) is 4.37. The summed E-state index contributed by atoms with van der Waals surface area (Å²) in [6.07, 6.45) is -4.41. The van der Waals surface area contributed by atoms with Gasteiger partial charge in [-0.05, 0) is 48.2 Å². The zero-order valence-corrected chi connectivity index (χ0v) is 20.7. The van der Waals surface area contributed by atoms with Gasteiger partial charge in [0, 0.05) is 12.0 Å². The fourth-order valence-electron chi connectivity index (χ4n) is 3.79. The van der Waals surface area contributed by atoms with Crippen molar-refractivity contribution in [2.24, 2.45) is 0 Å². The molecule has 0 saturated heterocycles. The molecule has 1 aromatic heterocycles. The molecule has 0 bridgehead atoms. The summed E-state index contributed by atoms with van der Waals surface area (Å²) < 4.78 is 49.8. The Hall–Kier alpha value is -3.35. The number of carboxylic acid groups (broad SMARTS) is 1. The van der Waals surface area contributed by atoms with E-state index in [-0.39, 0.29) is 17.9 Å². The van der Waals surface area contributed by atoms with Gasteiger partial charge in [0.2, 0.25) is 0 Å². The summed E-state index contributed by atoms with van der Waals surface area (Å²) in [7, 11) is 1.56. The number of thiazole rings is 1. The van der Waals surface area contributed by atoms with E-state index in [0.29, 0.717) is 17.9 Å². The third kappa shape index (κ3) is 7.12. The average Bonchev–Trinajstić information content (AvgIpc) is 3.63. The summed E-state index contributed by atoms with van der Waals surface area (Å²) in [6.45, 7) is -1.11. The van der Waals surface area contributed by atoms with Crippen molar-refractivity contribution in [2.45, 2.75) is 38.1 Å². The van der Waals surface area contributed by atoms with Crippen LogP contribution in [0.5, 0.6) is 5.75 Å². The van der Waals surface area contributed by atoms with Gasteiger partial charge in [-0.25, -0.2) is 4.79 Å². The Morgan fingerprint density at radius 3 is 2.54 bits per heavy atom. The molecule has 8 nitrogen and oxygen atoms in total. The first-order chi connectivity index (χ1) is 17.6. The molecule has 1 aliphatic rings. The minimum absolute atomic E-state index is 0.106. The molecule has 0 aliphatic heterocycles. The molecule has 3 aromatic rings. The molecule has 37 heavy (non-hydrogen) atoms. The quantitative estimate of drug-likeness (QED) is 0.331. The maximum Gasteiger partial charge on any atom is 0.411 e. The number of hydrogen-bond acceptors (Lipinski definition) is 7. The fraction of sp³-hybridized carbons (Fsp3) is 0.360. The first-order valence-corrected chi connectivity index (χ1v) is 12.2. The normalized spacial score (nSPS) is 14.0. The van der Waals surface area contributed by atoms with Crippen LogP contribution in [-0.4, -0.2) is 48.2 Å². The minimum Gasteiger partial charge on any atom is -0.492 e. The summed E-state index contributed by atoms with van der Waals surface area (Å²) in [5.41, 5.74) is 7.39. The van der Waals surface area contributed by atoms with Gasteiger partial charge in [0.05, 0.1) is 29.6 Å². The van der Waals surface area contributed by atoms with Crippen molar-refractivity contribution in [3.05, 3.63) is 68.8 Å². The number of ether oxygens (including phenoxy) is 2. The average molecular weight is 539 g/mol. The van der Waals surface area contributed by atoms with E-state index in [4.69, 9.17) is 14.7 Å². The highest BCUT2D eigenvalue weighted by atomic mass is 32.1. The number of rotatable bonds is 12. The number of nitrogens with one attached hydrogen (secondary N) is 1. The minimum atomic E-state index is -4.61. The maximum absolute atomic E-state index is 12.6. The lowest BCUT2D eigenvalue weighted by atomic mass is 10.1. The topological polar surface area (TPSA) is 99.0 Å². The lowest BCUT2D eigenvalue weighted by Crippen LogP contribution is -2.31. The highest BCUT2D eigenvalue weighted by molar-refractivity contribution is 7.16. The first kappa shape index (κ1) is 26.7. The van der Waals surface area contributed by atoms with Crippen LogP contribution in [0.3, 0.4) is 0 Å². The van der Waals surface area contributed by atoms with Gasteiger partial charge in [-0.2, -0.15) is 13.2 Å². The van der Waals surface area contributed by atoms with Crippen molar-refractivity contribution in [1.29, 1.82) is 0 Å². The Balaban J connectivity index is 1.36. The third-order valence-corrected chi connectivity index (χ3v) is 6.61. The number of carbonyl (C=O) groups is 1. The molecule has 12 heteroatoms. The molecule has 198 valence electrons. The number of aliphatic carboxylic acids is 1. The molecule has 2 N–H and O–H groups in total. The largest absolute Gasteiger partial charge is 0.492 e. The van der Waals surface area contributed by atoms with Gasteiger partial charge in [0.15, 0.2) is 6.10 Å². The molecule has 1 fully saturated rings. The van der Waals surface area contributed by atoms with Crippen LogP contribution >= 0.6 is 11.3 Å². The number of fused-ring (bicyclic) bond motifs is 1. The van der Waals surface area contributed by atoms with E-state index < -0.39 is 24.9 Å². The second-order valence-electron chi connectivity index (χ2n) is 8.44. The lowest BCUT2D eigenvalue weighted by molar-refractivity contribution is -0.192. The monoisotopic (exact) mass is 538 g/mol. The number of hydroxylamine groups is 1. The number of halogens is 3. The van der Waals surface area contributed by atoms with Crippen molar-refractivity contribution in [3.63, 3.8) is 0 Å². The Morgan fingerprint density at radius 2 is 1.92 bits per heavy atom. The number of alkyl halides is 3. The molecule has 1 atom stereocenters. The summed E-state index contributed by atoms with van der Waals surface area (Å²) in [5, 5.41) is 9.13. The zero-order valence-electron chi connectivity index (χ0n) is 19.8. The van der Waals surface area contributed by atoms with Crippen LogP contribution in [0.25, 0.3) is 15.9 Å². The smallest absolute Gasteiger partial charge is 0.411 e. The van der Waals surface area contributed by atoms with Crippen LogP contribution in [-0.2, 0) is 27.3 Å². The Bertz CT molecular complexity index is 1340. The van der Waals surface area contributed by atoms with Gasteiger partial charge in [-0.1, -0.05) is 29.5 Å². The molecule has 1 unspecified atom stereocenters. The maximum atomic E-state index is 12.6. The van der Waals surface area contributed by atoms with E-state index in [1.54, 1.807) is 35.9 Å². The van der Waals surface area contributed by atoms with Gasteiger partial charge < -0.3 is 14.6 Å². The Morgan fingerprint density at radius 1 is 1.19 bits per heavy atom. The molecule has 4 rings (SSSR count). The highest BCUT2D eigenvalue weighted by Crippen LogP contribution is 2.36. The number of hydrogen-bond donors (Lipinski definition) is 2. The van der Waals surface area contributed by atoms with Gasteiger partial charge in [0.1, 0.15) is 19.0 Å². The van der Waals surface area contributed by atoms with Crippen LogP contribution < -0.4 is 15.1 Å². The highest BCUT2D eigenvalue weighted by Gasteiger charge is 2.31. The lowest BCUT2D eigenvalue weighted by Gasteiger charge is -2.15. The summed E-state index contributed by atoms with van der Waals surface area (Å²) >= 11 is 1.15. The van der Waals surface area contributed by atoms with E-state index >= 15 is 0 Å². The van der Waals surface area contributed by atoms with Crippen molar-refractivity contribution in [1.82, 2.24) is 10.0 Å². The number of aromatic nitrogens is 1. The van der Waals surface area contributed by atoms with E-state index in [0.717, 1.165) is 45.7 Å². The van der Waals surface area contributed by atoms with Gasteiger partial charge in [0.25, 0.3) is 0 Å². The van der Waals surface area contributed by atoms with Crippen molar-refractivity contribution < 1.29 is 37.4 Å². The van der Waals surface area contributed by atoms with E-state index in [9.17, 15) is 22.8 Å². The molecular weight excluding hydrogens is 513 g/mol. The second-order valence-corrected chi connectivity index (χ2v) is 9.43. The number of nitrogens with zero attached hydrogens (tertiary/aromatic N) is 1. The van der Waals surface area contributed by atoms with E-state index in [2.05, 4.69) is 10.2 Å². The van der Waals surface area contributed by atoms with Crippen molar-refractivity contribution >= 4 is 33.2 Å². The molecule has 0 radical (unpaired) electrons. The number of allylic oxidation sites excluding steroid dienone is 1. The van der Waals surface area contributed by atoms with E-state index in [1.807, 2.05) is 18.2 Å². The molecule has 1 aliphatic carbocycles. The number of carboxylic acids is 1. The van der Waals surface area contributed by atoms with E-state index in [1.165, 1.54) is 5.57 Å². The summed E-state index contributed by atoms with van der Waals surface area (Å²) in [4.78, 5) is 28.8. The van der Waals surface area contributed by atoms with Gasteiger partial charge in [-0.15, -0.1) is 0 Å². The Labute approximate surface area is 213 Å². The van der Waals surface area contributed by atoms with Crippen LogP contribution in [0.1, 0.15) is 24.0 Å². The Kier molecular flexibility index (Phi) is 8.20. The molecular formula is C25H25F3N2O6S. The van der Waals surface area contributed by atoms with Crippen LogP contribution in [0, 0.1) is 0 Å². The van der Waals surface area contributed by atoms with Crippen LogP contribution in [0.2, 0.25) is 0 Å². The first-order valence-electron chi connectivity index (χ1n) is 11.4. The van der Waals surface area contributed by atoms with Crippen LogP contribution in [0.4, 0.5) is 13.2 Å². The van der Waals surface area contributed by atoms with Gasteiger partial charge in [-0.3, -0.25) is 19.7 Å². The standard InChI is InChI=1S/C25H25F3N2O6S/c1-34-29-22(16-4-5-16)17-6-9-19-21(13-17)37-24(33)30(19)10-11-35-18-7-2-15(3-8-18)12-20(23(31)32)36-14-25(26,27)28/h2-3,6-9,13,20,29H,4-5,10-12,14H2,1H3,(H,31,32). The molecule has 1 heterocycles. The summed E-state index contributed by atoms with van der Waals surface area (Å²) in [6, 6.07) is 12.1. The fourth-order valence-corrected chi connectivity index (χ4v) is 4.74. The number of benzene rings is 2. The third-order valence-electron chi connectivity index (χ3n) is 5.67. The molecule has 0 amide bonds.